The second kappa shape index (κ2) is 5.99. The zero-order valence-corrected chi connectivity index (χ0v) is 11.2. The van der Waals surface area contributed by atoms with Crippen LogP contribution in [0.3, 0.4) is 0 Å². The average molecular weight is 243 g/mol. The Bertz CT molecular complexity index is 401. The first-order valence-corrected chi connectivity index (χ1v) is 6.59. The first kappa shape index (κ1) is 13.1. The standard InChI is InChI=1S/C15H21N3/c1-13(14-6-4-3-5-7-14)15(12-16)18-10-8-17(2)9-11-18/h3-7,13,15H,8-11H2,1-2H3. The number of nitriles is 1. The third kappa shape index (κ3) is 2.90. The highest BCUT2D eigenvalue weighted by Gasteiger charge is 2.27. The van der Waals surface area contributed by atoms with Crippen LogP contribution in [0.4, 0.5) is 0 Å². The van der Waals surface area contributed by atoms with Gasteiger partial charge in [-0.2, -0.15) is 5.26 Å². The maximum Gasteiger partial charge on any atom is 0.104 e. The Morgan fingerprint density at radius 3 is 2.28 bits per heavy atom. The van der Waals surface area contributed by atoms with Crippen LogP contribution in [0.2, 0.25) is 0 Å². The van der Waals surface area contributed by atoms with Gasteiger partial charge in [-0.05, 0) is 12.6 Å². The highest BCUT2D eigenvalue weighted by atomic mass is 15.3. The number of rotatable bonds is 3. The molecule has 3 heteroatoms. The Labute approximate surface area is 110 Å². The summed E-state index contributed by atoms with van der Waals surface area (Å²) in [7, 11) is 2.14. The summed E-state index contributed by atoms with van der Waals surface area (Å²) in [5, 5.41) is 9.47. The van der Waals surface area contributed by atoms with Crippen molar-refractivity contribution in [3.63, 3.8) is 0 Å². The maximum atomic E-state index is 9.47. The van der Waals surface area contributed by atoms with E-state index in [1.54, 1.807) is 0 Å². The molecule has 1 aliphatic rings. The van der Waals surface area contributed by atoms with Crippen molar-refractivity contribution in [1.29, 1.82) is 5.26 Å². The zero-order valence-electron chi connectivity index (χ0n) is 11.2. The van der Waals surface area contributed by atoms with E-state index in [0.29, 0.717) is 0 Å². The Kier molecular flexibility index (Phi) is 4.35. The van der Waals surface area contributed by atoms with Crippen LogP contribution in [0.1, 0.15) is 18.4 Å². The van der Waals surface area contributed by atoms with Gasteiger partial charge >= 0.3 is 0 Å². The van der Waals surface area contributed by atoms with Crippen LogP contribution in [0, 0.1) is 11.3 Å². The molecule has 0 bridgehead atoms. The Morgan fingerprint density at radius 1 is 1.11 bits per heavy atom. The Morgan fingerprint density at radius 2 is 1.72 bits per heavy atom. The molecule has 96 valence electrons. The molecule has 0 aromatic heterocycles. The van der Waals surface area contributed by atoms with Gasteiger partial charge in [-0.3, -0.25) is 4.90 Å². The topological polar surface area (TPSA) is 30.3 Å². The molecule has 0 N–H and O–H groups in total. The highest BCUT2D eigenvalue weighted by Crippen LogP contribution is 2.23. The molecule has 1 heterocycles. The summed E-state index contributed by atoms with van der Waals surface area (Å²) in [5.41, 5.74) is 1.25. The summed E-state index contributed by atoms with van der Waals surface area (Å²) in [6, 6.07) is 12.8. The molecule has 0 saturated carbocycles. The molecule has 1 fully saturated rings. The van der Waals surface area contributed by atoms with Crippen molar-refractivity contribution in [3.05, 3.63) is 35.9 Å². The molecule has 2 rings (SSSR count). The molecule has 0 aliphatic carbocycles. The molecule has 1 aliphatic heterocycles. The Balaban J connectivity index is 2.07. The predicted octanol–water partition coefficient (Wildman–Crippen LogP) is 1.93. The molecule has 3 nitrogen and oxygen atoms in total. The third-order valence-electron chi connectivity index (χ3n) is 3.86. The van der Waals surface area contributed by atoms with Gasteiger partial charge in [0.25, 0.3) is 0 Å². The van der Waals surface area contributed by atoms with Crippen LogP contribution in [-0.4, -0.2) is 49.1 Å². The molecule has 0 spiro atoms. The zero-order chi connectivity index (χ0) is 13.0. The summed E-state index contributed by atoms with van der Waals surface area (Å²) in [4.78, 5) is 4.63. The summed E-state index contributed by atoms with van der Waals surface area (Å²) in [6.07, 6.45) is 0. The molecule has 0 amide bonds. The smallest absolute Gasteiger partial charge is 0.104 e. The number of piperazine rings is 1. The van der Waals surface area contributed by atoms with E-state index in [-0.39, 0.29) is 12.0 Å². The largest absolute Gasteiger partial charge is 0.304 e. The van der Waals surface area contributed by atoms with Crippen molar-refractivity contribution >= 4 is 0 Å². The summed E-state index contributed by atoms with van der Waals surface area (Å²) in [5.74, 6) is 0.264. The number of hydrogen-bond donors (Lipinski definition) is 0. The van der Waals surface area contributed by atoms with Crippen LogP contribution >= 0.6 is 0 Å². The lowest BCUT2D eigenvalue weighted by molar-refractivity contribution is 0.123. The van der Waals surface area contributed by atoms with E-state index in [2.05, 4.69) is 42.0 Å². The van der Waals surface area contributed by atoms with Crippen LogP contribution < -0.4 is 0 Å². The molecule has 0 radical (unpaired) electrons. The molecule has 1 aromatic rings. The van der Waals surface area contributed by atoms with Gasteiger partial charge in [0.2, 0.25) is 0 Å². The van der Waals surface area contributed by atoms with E-state index in [0.717, 1.165) is 26.2 Å². The van der Waals surface area contributed by atoms with Crippen LogP contribution in [0.5, 0.6) is 0 Å². The van der Waals surface area contributed by atoms with Crippen molar-refractivity contribution in [2.45, 2.75) is 18.9 Å². The van der Waals surface area contributed by atoms with Crippen molar-refractivity contribution in [2.75, 3.05) is 33.2 Å². The first-order valence-electron chi connectivity index (χ1n) is 6.59. The number of likely N-dealkylation sites (N-methyl/N-ethyl adjacent to an activating group) is 1. The summed E-state index contributed by atoms with van der Waals surface area (Å²) >= 11 is 0. The second-order valence-corrected chi connectivity index (χ2v) is 5.11. The summed E-state index contributed by atoms with van der Waals surface area (Å²) in [6.45, 7) is 6.25. The van der Waals surface area contributed by atoms with Gasteiger partial charge in [0.1, 0.15) is 6.04 Å². The molecule has 2 atom stereocenters. The molecular formula is C15H21N3. The molecule has 1 saturated heterocycles. The maximum absolute atomic E-state index is 9.47. The highest BCUT2D eigenvalue weighted by molar-refractivity contribution is 5.23. The predicted molar refractivity (Wildman–Crippen MR) is 73.3 cm³/mol. The van der Waals surface area contributed by atoms with Crippen molar-refractivity contribution in [1.82, 2.24) is 9.80 Å². The monoisotopic (exact) mass is 243 g/mol. The van der Waals surface area contributed by atoms with E-state index in [4.69, 9.17) is 0 Å². The van der Waals surface area contributed by atoms with E-state index in [1.165, 1.54) is 5.56 Å². The quantitative estimate of drug-likeness (QED) is 0.812. The van der Waals surface area contributed by atoms with E-state index < -0.39 is 0 Å². The van der Waals surface area contributed by atoms with Crippen LogP contribution in [0.25, 0.3) is 0 Å². The van der Waals surface area contributed by atoms with Crippen LogP contribution in [-0.2, 0) is 0 Å². The van der Waals surface area contributed by atoms with Gasteiger partial charge in [-0.25, -0.2) is 0 Å². The number of benzene rings is 1. The van der Waals surface area contributed by atoms with Crippen LogP contribution in [0.15, 0.2) is 30.3 Å². The minimum atomic E-state index is -0.0129. The Hall–Kier alpha value is -1.37. The minimum Gasteiger partial charge on any atom is -0.304 e. The fourth-order valence-corrected chi connectivity index (χ4v) is 2.55. The minimum absolute atomic E-state index is 0.0129. The SMILES string of the molecule is CC(c1ccccc1)C(C#N)N1CCN(C)CC1. The lowest BCUT2D eigenvalue weighted by atomic mass is 9.92. The van der Waals surface area contributed by atoms with Gasteiger partial charge < -0.3 is 4.90 Å². The molecule has 18 heavy (non-hydrogen) atoms. The average Bonchev–Trinajstić information content (AvgIpc) is 2.42. The van der Waals surface area contributed by atoms with Crippen molar-refractivity contribution in [2.24, 2.45) is 0 Å². The van der Waals surface area contributed by atoms with Gasteiger partial charge in [-0.15, -0.1) is 0 Å². The van der Waals surface area contributed by atoms with E-state index >= 15 is 0 Å². The number of hydrogen-bond acceptors (Lipinski definition) is 3. The molecule has 2 unspecified atom stereocenters. The normalized spacial score (nSPS) is 21.2. The van der Waals surface area contributed by atoms with Gasteiger partial charge in [-0.1, -0.05) is 37.3 Å². The molecule has 1 aromatic carbocycles. The lowest BCUT2D eigenvalue weighted by Gasteiger charge is -2.37. The van der Waals surface area contributed by atoms with Gasteiger partial charge in [0, 0.05) is 32.1 Å². The number of nitrogens with zero attached hydrogens (tertiary/aromatic N) is 3. The fraction of sp³-hybridized carbons (Fsp3) is 0.533. The third-order valence-corrected chi connectivity index (χ3v) is 3.86. The van der Waals surface area contributed by atoms with E-state index in [9.17, 15) is 5.26 Å². The first-order chi connectivity index (χ1) is 8.72. The lowest BCUT2D eigenvalue weighted by Crippen LogP contribution is -2.50. The van der Waals surface area contributed by atoms with Gasteiger partial charge in [0.15, 0.2) is 0 Å². The van der Waals surface area contributed by atoms with Gasteiger partial charge in [0.05, 0.1) is 6.07 Å². The van der Waals surface area contributed by atoms with Crippen molar-refractivity contribution < 1.29 is 0 Å². The van der Waals surface area contributed by atoms with Crippen molar-refractivity contribution in [3.8, 4) is 6.07 Å². The molecular weight excluding hydrogens is 222 g/mol. The summed E-state index contributed by atoms with van der Waals surface area (Å²) < 4.78 is 0. The fourth-order valence-electron chi connectivity index (χ4n) is 2.55. The second-order valence-electron chi connectivity index (χ2n) is 5.11. The van der Waals surface area contributed by atoms with E-state index in [1.807, 2.05) is 18.2 Å².